The summed E-state index contributed by atoms with van der Waals surface area (Å²) >= 11 is 0. The van der Waals surface area contributed by atoms with E-state index in [-0.39, 0.29) is 60.8 Å². The lowest BCUT2D eigenvalue weighted by atomic mass is 10.1. The van der Waals surface area contributed by atoms with Gasteiger partial charge in [-0.3, -0.25) is 0 Å². The Morgan fingerprint density at radius 3 is 1.93 bits per heavy atom. The van der Waals surface area contributed by atoms with Crippen molar-refractivity contribution < 1.29 is 57.1 Å². The van der Waals surface area contributed by atoms with Gasteiger partial charge in [0.1, 0.15) is 29.8 Å². The number of hydrogen-bond acceptors (Lipinski definition) is 12. The van der Waals surface area contributed by atoms with Crippen LogP contribution in [0.1, 0.15) is 33.6 Å². The summed E-state index contributed by atoms with van der Waals surface area (Å²) in [5.74, 6) is -1.31. The number of hydrogen-bond donors (Lipinski definition) is 0. The first-order valence-electron chi connectivity index (χ1n) is 12.9. The highest BCUT2D eigenvalue weighted by molar-refractivity contribution is 5.92. The molecule has 0 N–H and O–H groups in total. The first-order chi connectivity index (χ1) is 19.9. The summed E-state index contributed by atoms with van der Waals surface area (Å²) in [6.07, 6.45) is -0.225. The van der Waals surface area contributed by atoms with Gasteiger partial charge in [-0.1, -0.05) is 6.58 Å². The van der Waals surface area contributed by atoms with E-state index in [1.165, 1.54) is 48.5 Å². The van der Waals surface area contributed by atoms with Crippen LogP contribution in [-0.2, 0) is 33.2 Å². The Morgan fingerprint density at radius 2 is 1.32 bits per heavy atom. The van der Waals surface area contributed by atoms with E-state index in [1.807, 2.05) is 0 Å². The van der Waals surface area contributed by atoms with E-state index >= 15 is 0 Å². The summed E-state index contributed by atoms with van der Waals surface area (Å²) < 4.78 is 42.4. The molecule has 41 heavy (non-hydrogen) atoms. The van der Waals surface area contributed by atoms with Crippen molar-refractivity contribution in [2.24, 2.45) is 0 Å². The molecule has 0 amide bonds. The number of esters is 3. The van der Waals surface area contributed by atoms with Gasteiger partial charge in [-0.2, -0.15) is 0 Å². The summed E-state index contributed by atoms with van der Waals surface area (Å²) in [5, 5.41) is 0. The number of carbonyl (C=O) groups excluding carboxylic acids is 4. The van der Waals surface area contributed by atoms with Crippen molar-refractivity contribution in [3.8, 4) is 11.5 Å². The Bertz CT molecular complexity index is 1220. The zero-order valence-corrected chi connectivity index (χ0v) is 22.4. The van der Waals surface area contributed by atoms with Crippen LogP contribution in [0.2, 0.25) is 0 Å². The summed E-state index contributed by atoms with van der Waals surface area (Å²) in [5.41, 5.74) is 0.490. The van der Waals surface area contributed by atoms with Crippen LogP contribution >= 0.6 is 0 Å². The van der Waals surface area contributed by atoms with Crippen molar-refractivity contribution in [1.29, 1.82) is 0 Å². The maximum atomic E-state index is 12.6. The quantitative estimate of drug-likeness (QED) is 0.0923. The van der Waals surface area contributed by atoms with Gasteiger partial charge in [0.2, 0.25) is 0 Å². The third-order valence-electron chi connectivity index (χ3n) is 6.29. The average Bonchev–Trinajstić information content (AvgIpc) is 3.58. The Kier molecular flexibility index (Phi) is 10.4. The third-order valence-corrected chi connectivity index (χ3v) is 6.29. The molecule has 0 aromatic heterocycles. The van der Waals surface area contributed by atoms with Crippen molar-refractivity contribution in [3.63, 3.8) is 0 Å². The number of fused-ring (bicyclic) bond motifs is 1. The zero-order valence-electron chi connectivity index (χ0n) is 22.4. The Labute approximate surface area is 236 Å². The topological polar surface area (TPSA) is 142 Å². The van der Waals surface area contributed by atoms with Crippen LogP contribution in [0.25, 0.3) is 0 Å². The van der Waals surface area contributed by atoms with E-state index in [2.05, 4.69) is 6.58 Å². The van der Waals surface area contributed by atoms with Gasteiger partial charge in [0.25, 0.3) is 0 Å². The monoisotopic (exact) mass is 570 g/mol. The average molecular weight is 571 g/mol. The number of ether oxygens (including phenoxy) is 8. The smallest absolute Gasteiger partial charge is 0.463 e. The van der Waals surface area contributed by atoms with Gasteiger partial charge in [-0.15, -0.1) is 0 Å². The molecule has 2 aliphatic rings. The van der Waals surface area contributed by atoms with Crippen LogP contribution in [0.15, 0.2) is 61.2 Å². The second-order valence-corrected chi connectivity index (χ2v) is 9.03. The van der Waals surface area contributed by atoms with Crippen LogP contribution in [0.4, 0.5) is 4.79 Å². The largest absolute Gasteiger partial charge is 0.513 e. The number of carbonyl (C=O) groups is 4. The molecule has 12 nitrogen and oxygen atoms in total. The summed E-state index contributed by atoms with van der Waals surface area (Å²) in [4.78, 5) is 47.9. The highest BCUT2D eigenvalue weighted by atomic mass is 16.7. The van der Waals surface area contributed by atoms with Gasteiger partial charge >= 0.3 is 24.1 Å². The number of methoxy groups -OCH3 is 1. The van der Waals surface area contributed by atoms with E-state index in [4.69, 9.17) is 37.9 Å². The minimum absolute atomic E-state index is 0.0879. The third kappa shape index (κ3) is 8.13. The second kappa shape index (κ2) is 14.4. The van der Waals surface area contributed by atoms with Crippen molar-refractivity contribution >= 4 is 24.1 Å². The molecule has 0 spiro atoms. The molecule has 4 rings (SSSR count). The van der Waals surface area contributed by atoms with Crippen LogP contribution in [0.3, 0.4) is 0 Å². The molecule has 0 saturated carbocycles. The molecular formula is C29H30O12. The van der Waals surface area contributed by atoms with Crippen molar-refractivity contribution in [2.75, 3.05) is 33.5 Å². The molecule has 0 aliphatic carbocycles. The fourth-order valence-corrected chi connectivity index (χ4v) is 4.14. The van der Waals surface area contributed by atoms with Crippen LogP contribution < -0.4 is 9.47 Å². The number of benzene rings is 2. The van der Waals surface area contributed by atoms with Gasteiger partial charge in [0.05, 0.1) is 37.6 Å². The number of rotatable bonds is 12. The first-order valence-corrected chi connectivity index (χ1v) is 12.9. The van der Waals surface area contributed by atoms with Crippen LogP contribution in [-0.4, -0.2) is 82.0 Å². The summed E-state index contributed by atoms with van der Waals surface area (Å²) in [6, 6.07) is 11.6. The number of unbranched alkanes of at least 4 members (excludes halogenated alkanes) is 1. The van der Waals surface area contributed by atoms with Crippen molar-refractivity contribution in [2.45, 2.75) is 37.3 Å². The maximum Gasteiger partial charge on any atom is 0.513 e. The molecule has 2 fully saturated rings. The molecule has 2 heterocycles. The predicted molar refractivity (Wildman–Crippen MR) is 140 cm³/mol. The van der Waals surface area contributed by atoms with Gasteiger partial charge in [-0.25, -0.2) is 19.2 Å². The summed E-state index contributed by atoms with van der Waals surface area (Å²) in [6.45, 7) is 4.17. The van der Waals surface area contributed by atoms with Crippen LogP contribution in [0.5, 0.6) is 11.5 Å². The second-order valence-electron chi connectivity index (χ2n) is 9.03. The summed E-state index contributed by atoms with van der Waals surface area (Å²) in [7, 11) is 1.58. The molecule has 2 saturated heterocycles. The highest BCUT2D eigenvalue weighted by Crippen LogP contribution is 2.30. The first kappa shape index (κ1) is 29.7. The minimum atomic E-state index is -0.905. The molecule has 0 radical (unpaired) electrons. The lowest BCUT2D eigenvalue weighted by molar-refractivity contribution is -0.137. The van der Waals surface area contributed by atoms with E-state index in [0.717, 1.165) is 6.08 Å². The molecule has 2 aliphatic heterocycles. The van der Waals surface area contributed by atoms with Crippen molar-refractivity contribution in [1.82, 2.24) is 0 Å². The van der Waals surface area contributed by atoms with E-state index in [1.54, 1.807) is 7.11 Å². The minimum Gasteiger partial charge on any atom is -0.463 e. The van der Waals surface area contributed by atoms with Gasteiger partial charge < -0.3 is 37.9 Å². The zero-order chi connectivity index (χ0) is 29.2. The lowest BCUT2D eigenvalue weighted by Crippen LogP contribution is -2.34. The molecular weight excluding hydrogens is 540 g/mol. The fourth-order valence-electron chi connectivity index (χ4n) is 4.14. The van der Waals surface area contributed by atoms with Gasteiger partial charge in [-0.05, 0) is 61.4 Å². The molecule has 4 atom stereocenters. The Morgan fingerprint density at radius 1 is 0.780 bits per heavy atom. The molecule has 218 valence electrons. The standard InChI is InChI=1S/C29H30O12/c1-3-24(30)35-14-4-5-15-36-29(33)40-21-12-8-18(9-13-21)27(31)39-20-10-6-19(7-11-20)28(32)41-23-17-38-25-22(34-2)16-37-26(23)25/h3,6-13,22-23,25-26H,1,4-5,14-17H2,2H3. The van der Waals surface area contributed by atoms with Crippen LogP contribution in [0, 0.1) is 0 Å². The lowest BCUT2D eigenvalue weighted by Gasteiger charge is -2.16. The van der Waals surface area contributed by atoms with E-state index in [9.17, 15) is 19.2 Å². The van der Waals surface area contributed by atoms with E-state index in [0.29, 0.717) is 19.4 Å². The highest BCUT2D eigenvalue weighted by Gasteiger charge is 2.49. The van der Waals surface area contributed by atoms with E-state index < -0.39 is 30.2 Å². The van der Waals surface area contributed by atoms with Crippen molar-refractivity contribution in [3.05, 3.63) is 72.3 Å². The SMILES string of the molecule is C=CC(=O)OCCCCOC(=O)Oc1ccc(C(=O)Oc2ccc(C(=O)OC3COC4C(OC)COC34)cc2)cc1. The van der Waals surface area contributed by atoms with Gasteiger partial charge in [0, 0.05) is 13.2 Å². The normalized spacial score (nSPS) is 20.9. The molecule has 2 aromatic rings. The Balaban J connectivity index is 1.18. The maximum absolute atomic E-state index is 12.6. The molecule has 0 bridgehead atoms. The molecule has 2 aromatic carbocycles. The Hall–Kier alpha value is -4.26. The van der Waals surface area contributed by atoms with Gasteiger partial charge in [0.15, 0.2) is 6.10 Å². The molecule has 12 heteroatoms. The fraction of sp³-hybridized carbons (Fsp3) is 0.379. The molecule has 4 unspecified atom stereocenters. The predicted octanol–water partition coefficient (Wildman–Crippen LogP) is 3.27.